The van der Waals surface area contributed by atoms with Crippen molar-refractivity contribution in [1.29, 1.82) is 0 Å². The van der Waals surface area contributed by atoms with Crippen molar-refractivity contribution in [3.63, 3.8) is 0 Å². The monoisotopic (exact) mass is 307 g/mol. The molecule has 5 nitrogen and oxygen atoms in total. The highest BCUT2D eigenvalue weighted by Gasteiger charge is 2.29. The van der Waals surface area contributed by atoms with E-state index in [1.165, 1.54) is 11.3 Å². The molecule has 1 atom stereocenters. The van der Waals surface area contributed by atoms with Crippen LogP contribution in [0, 0.1) is 5.92 Å². The molecule has 1 aliphatic carbocycles. The SMILES string of the molecule is O=C(NCC(O)C1CC1)c1cc2c(nc3sccn32)s1. The second kappa shape index (κ2) is 4.54. The van der Waals surface area contributed by atoms with Gasteiger partial charge in [0.05, 0.1) is 16.5 Å². The van der Waals surface area contributed by atoms with E-state index in [-0.39, 0.29) is 5.91 Å². The first kappa shape index (κ1) is 12.3. The zero-order chi connectivity index (χ0) is 13.7. The molecule has 1 unspecified atom stereocenters. The largest absolute Gasteiger partial charge is 0.391 e. The molecular formula is C13H13N3O2S2. The number of amides is 1. The minimum Gasteiger partial charge on any atom is -0.391 e. The third kappa shape index (κ3) is 2.02. The van der Waals surface area contributed by atoms with Gasteiger partial charge in [0.1, 0.15) is 4.83 Å². The summed E-state index contributed by atoms with van der Waals surface area (Å²) in [5.74, 6) is 0.249. The Balaban J connectivity index is 1.54. The summed E-state index contributed by atoms with van der Waals surface area (Å²) in [7, 11) is 0. The predicted octanol–water partition coefficient (Wildman–Crippen LogP) is 2.11. The number of hydrogen-bond donors (Lipinski definition) is 2. The smallest absolute Gasteiger partial charge is 0.261 e. The maximum atomic E-state index is 12.1. The quantitative estimate of drug-likeness (QED) is 0.776. The molecule has 0 aliphatic heterocycles. The first-order chi connectivity index (χ1) is 9.72. The average molecular weight is 307 g/mol. The van der Waals surface area contributed by atoms with Crippen LogP contribution in [0.1, 0.15) is 22.5 Å². The molecule has 3 aromatic heterocycles. The lowest BCUT2D eigenvalue weighted by Gasteiger charge is -2.09. The molecule has 104 valence electrons. The fourth-order valence-electron chi connectivity index (χ4n) is 2.29. The van der Waals surface area contributed by atoms with Gasteiger partial charge in [0.25, 0.3) is 5.91 Å². The molecule has 1 amide bonds. The number of imidazole rings is 1. The molecule has 3 heterocycles. The van der Waals surface area contributed by atoms with Crippen molar-refractivity contribution in [3.05, 3.63) is 22.5 Å². The van der Waals surface area contributed by atoms with Gasteiger partial charge in [-0.2, -0.15) is 0 Å². The Morgan fingerprint density at radius 1 is 1.60 bits per heavy atom. The third-order valence-corrected chi connectivity index (χ3v) is 5.37. The molecule has 0 bridgehead atoms. The molecule has 1 saturated carbocycles. The Morgan fingerprint density at radius 3 is 3.25 bits per heavy atom. The lowest BCUT2D eigenvalue weighted by Crippen LogP contribution is -2.32. The molecule has 0 aromatic carbocycles. The van der Waals surface area contributed by atoms with Gasteiger partial charge in [-0.15, -0.1) is 22.7 Å². The van der Waals surface area contributed by atoms with E-state index in [2.05, 4.69) is 10.3 Å². The fourth-order valence-corrected chi connectivity index (χ4v) is 4.01. The van der Waals surface area contributed by atoms with Gasteiger partial charge in [-0.1, -0.05) is 0 Å². The van der Waals surface area contributed by atoms with Gasteiger partial charge in [0.15, 0.2) is 4.96 Å². The summed E-state index contributed by atoms with van der Waals surface area (Å²) in [6.07, 6.45) is 3.69. The lowest BCUT2D eigenvalue weighted by molar-refractivity contribution is 0.0905. The summed E-state index contributed by atoms with van der Waals surface area (Å²) in [4.78, 5) is 19.0. The number of thiophene rings is 1. The number of carbonyl (C=O) groups is 1. The predicted molar refractivity (Wildman–Crippen MR) is 79.5 cm³/mol. The standard InChI is InChI=1S/C13H13N3O2S2/c17-9(7-1-2-7)6-14-11(18)10-5-8-12(20-10)15-13-16(8)3-4-19-13/h3-5,7,9,17H,1-2,6H2,(H,14,18). The highest BCUT2D eigenvalue weighted by atomic mass is 32.1. The van der Waals surface area contributed by atoms with Crippen molar-refractivity contribution in [3.8, 4) is 0 Å². The molecule has 0 spiro atoms. The van der Waals surface area contributed by atoms with Gasteiger partial charge in [0.2, 0.25) is 0 Å². The summed E-state index contributed by atoms with van der Waals surface area (Å²) < 4.78 is 1.99. The van der Waals surface area contributed by atoms with Crippen LogP contribution < -0.4 is 5.32 Å². The minimum atomic E-state index is -0.409. The van der Waals surface area contributed by atoms with Crippen molar-refractivity contribution >= 4 is 43.9 Å². The van der Waals surface area contributed by atoms with Crippen LogP contribution in [0.5, 0.6) is 0 Å². The normalized spacial score (nSPS) is 16.9. The number of thiazole rings is 1. The topological polar surface area (TPSA) is 66.6 Å². The van der Waals surface area contributed by atoms with Crippen LogP contribution in [0.15, 0.2) is 17.6 Å². The van der Waals surface area contributed by atoms with E-state index in [0.29, 0.717) is 17.3 Å². The van der Waals surface area contributed by atoms with Gasteiger partial charge in [-0.25, -0.2) is 4.98 Å². The van der Waals surface area contributed by atoms with Crippen LogP contribution in [-0.4, -0.2) is 33.0 Å². The summed E-state index contributed by atoms with van der Waals surface area (Å²) in [5.41, 5.74) is 0.971. The van der Waals surface area contributed by atoms with Crippen LogP contribution in [-0.2, 0) is 0 Å². The van der Waals surface area contributed by atoms with E-state index < -0.39 is 6.10 Å². The van der Waals surface area contributed by atoms with Crippen LogP contribution in [0.25, 0.3) is 15.3 Å². The molecule has 4 rings (SSSR count). The van der Waals surface area contributed by atoms with Crippen molar-refractivity contribution in [1.82, 2.24) is 14.7 Å². The molecule has 3 aromatic rings. The van der Waals surface area contributed by atoms with Crippen LogP contribution in [0.2, 0.25) is 0 Å². The van der Waals surface area contributed by atoms with Gasteiger partial charge < -0.3 is 10.4 Å². The zero-order valence-corrected chi connectivity index (χ0v) is 12.2. The van der Waals surface area contributed by atoms with E-state index in [4.69, 9.17) is 0 Å². The first-order valence-electron chi connectivity index (χ1n) is 6.54. The summed E-state index contributed by atoms with van der Waals surface area (Å²) in [6, 6.07) is 1.87. The Kier molecular flexibility index (Phi) is 2.80. The number of rotatable bonds is 4. The zero-order valence-electron chi connectivity index (χ0n) is 10.6. The van der Waals surface area contributed by atoms with Gasteiger partial charge >= 0.3 is 0 Å². The maximum absolute atomic E-state index is 12.1. The Labute approximate surface area is 122 Å². The number of nitrogens with zero attached hydrogens (tertiary/aromatic N) is 2. The Morgan fingerprint density at radius 2 is 2.45 bits per heavy atom. The summed E-state index contributed by atoms with van der Waals surface area (Å²) >= 11 is 2.97. The molecule has 1 aliphatic rings. The van der Waals surface area contributed by atoms with Gasteiger partial charge in [-0.3, -0.25) is 9.20 Å². The van der Waals surface area contributed by atoms with Crippen molar-refractivity contribution < 1.29 is 9.90 Å². The Bertz CT molecular complexity index is 784. The van der Waals surface area contributed by atoms with Gasteiger partial charge in [0, 0.05) is 18.1 Å². The van der Waals surface area contributed by atoms with Crippen LogP contribution in [0.4, 0.5) is 0 Å². The van der Waals surface area contributed by atoms with E-state index in [0.717, 1.165) is 28.1 Å². The second-order valence-electron chi connectivity index (χ2n) is 5.08. The molecule has 2 N–H and O–H groups in total. The number of aliphatic hydroxyl groups excluding tert-OH is 1. The number of aliphatic hydroxyl groups is 1. The lowest BCUT2D eigenvalue weighted by atomic mass is 10.2. The Hall–Kier alpha value is -1.44. The minimum absolute atomic E-state index is 0.128. The fraction of sp³-hybridized carbons (Fsp3) is 0.385. The summed E-state index contributed by atoms with van der Waals surface area (Å²) in [6.45, 7) is 0.333. The van der Waals surface area contributed by atoms with Crippen LogP contribution >= 0.6 is 22.7 Å². The second-order valence-corrected chi connectivity index (χ2v) is 6.99. The summed E-state index contributed by atoms with van der Waals surface area (Å²) in [5, 5.41) is 14.5. The average Bonchev–Trinajstić information content (AvgIpc) is 2.92. The highest BCUT2D eigenvalue weighted by Crippen LogP contribution is 2.32. The molecule has 0 radical (unpaired) electrons. The molecule has 7 heteroatoms. The third-order valence-electron chi connectivity index (χ3n) is 3.60. The van der Waals surface area contributed by atoms with Crippen molar-refractivity contribution in [2.75, 3.05) is 6.54 Å². The number of hydrogen-bond acceptors (Lipinski definition) is 5. The van der Waals surface area contributed by atoms with Gasteiger partial charge in [-0.05, 0) is 24.8 Å². The van der Waals surface area contributed by atoms with Crippen molar-refractivity contribution in [2.24, 2.45) is 5.92 Å². The van der Waals surface area contributed by atoms with E-state index in [1.54, 1.807) is 11.3 Å². The number of carbonyl (C=O) groups excluding carboxylic acids is 1. The van der Waals surface area contributed by atoms with Crippen LogP contribution in [0.3, 0.4) is 0 Å². The van der Waals surface area contributed by atoms with E-state index >= 15 is 0 Å². The number of aromatic nitrogens is 2. The van der Waals surface area contributed by atoms with Crippen molar-refractivity contribution in [2.45, 2.75) is 18.9 Å². The molecular weight excluding hydrogens is 294 g/mol. The molecule has 1 fully saturated rings. The first-order valence-corrected chi connectivity index (χ1v) is 8.23. The van der Waals surface area contributed by atoms with E-state index in [1.807, 2.05) is 22.0 Å². The number of nitrogens with one attached hydrogen (secondary N) is 1. The molecule has 0 saturated heterocycles. The van der Waals surface area contributed by atoms with E-state index in [9.17, 15) is 9.90 Å². The molecule has 20 heavy (non-hydrogen) atoms. The number of fused-ring (bicyclic) bond motifs is 3. The maximum Gasteiger partial charge on any atom is 0.261 e. The highest BCUT2D eigenvalue weighted by molar-refractivity contribution is 7.21.